The van der Waals surface area contributed by atoms with Gasteiger partial charge in [0, 0.05) is 34.2 Å². The van der Waals surface area contributed by atoms with Gasteiger partial charge in [-0.2, -0.15) is 25.1 Å². The predicted molar refractivity (Wildman–Crippen MR) is 122 cm³/mol. The van der Waals surface area contributed by atoms with Gasteiger partial charge in [-0.05, 0) is 81.1 Å². The maximum atomic E-state index is 10.6. The lowest BCUT2D eigenvalue weighted by Gasteiger charge is -2.51. The topological polar surface area (TPSA) is 142 Å². The maximum Gasteiger partial charge on any atom is 0.253 e. The monoisotopic (exact) mass is 452 g/mol. The summed E-state index contributed by atoms with van der Waals surface area (Å²) in [4.78, 5) is 13.1. The Bertz CT molecular complexity index is 731. The molecule has 11 heteroatoms. The van der Waals surface area contributed by atoms with Crippen LogP contribution in [-0.4, -0.2) is 74.9 Å². The molecule has 182 valence electrons. The molecule has 3 heterocycles. The van der Waals surface area contributed by atoms with Gasteiger partial charge in [-0.3, -0.25) is 5.21 Å². The van der Waals surface area contributed by atoms with Crippen LogP contribution in [0, 0.1) is 0 Å². The van der Waals surface area contributed by atoms with E-state index < -0.39 is 22.2 Å². The van der Waals surface area contributed by atoms with Crippen LogP contribution in [-0.2, 0) is 0 Å². The number of nitrogens with one attached hydrogen (secondary N) is 3. The quantitative estimate of drug-likeness (QED) is 0.366. The second-order valence-electron chi connectivity index (χ2n) is 11.8. The minimum atomic E-state index is -0.416. The normalized spacial score (nSPS) is 26.0. The van der Waals surface area contributed by atoms with Gasteiger partial charge in [-0.1, -0.05) is 0 Å². The fraction of sp³-hybridized carbons (Fsp3) is 0.857. The van der Waals surface area contributed by atoms with Crippen molar-refractivity contribution in [2.75, 3.05) is 16.1 Å². The van der Waals surface area contributed by atoms with Crippen molar-refractivity contribution in [3.8, 4) is 0 Å². The molecule has 0 aliphatic carbocycles. The zero-order valence-corrected chi connectivity index (χ0v) is 20.6. The number of hydrogen-bond acceptors (Lipinski definition) is 11. The highest BCUT2D eigenvalue weighted by atomic mass is 16.5. The van der Waals surface area contributed by atoms with Crippen LogP contribution in [0.5, 0.6) is 0 Å². The van der Waals surface area contributed by atoms with Crippen molar-refractivity contribution in [1.82, 2.24) is 25.1 Å². The van der Waals surface area contributed by atoms with Crippen molar-refractivity contribution in [2.45, 2.75) is 115 Å². The molecule has 0 radical (unpaired) electrons. The van der Waals surface area contributed by atoms with Crippen LogP contribution >= 0.6 is 0 Å². The SMILES string of the molecule is CC1(C)CC(Nc2nc(NO)nc(NC3CC(C)(C)N(O)C(C)(C)C3)n2)CC(C)(C)N1O. The Labute approximate surface area is 190 Å². The largest absolute Gasteiger partial charge is 0.351 e. The van der Waals surface area contributed by atoms with Crippen LogP contribution in [0.3, 0.4) is 0 Å². The Kier molecular flexibility index (Phi) is 6.37. The summed E-state index contributed by atoms with van der Waals surface area (Å²) in [7, 11) is 0. The number of hydroxylamine groups is 4. The van der Waals surface area contributed by atoms with Crippen LogP contribution in [0.4, 0.5) is 17.8 Å². The maximum absolute atomic E-state index is 10.6. The van der Waals surface area contributed by atoms with Gasteiger partial charge >= 0.3 is 0 Å². The van der Waals surface area contributed by atoms with Crippen LogP contribution in [0.1, 0.15) is 81.1 Å². The van der Waals surface area contributed by atoms with Crippen LogP contribution < -0.4 is 16.1 Å². The van der Waals surface area contributed by atoms with E-state index in [0.717, 1.165) is 0 Å². The van der Waals surface area contributed by atoms with E-state index in [-0.39, 0.29) is 18.0 Å². The summed E-state index contributed by atoms with van der Waals surface area (Å²) in [6.07, 6.45) is 2.78. The molecule has 2 aliphatic heterocycles. The molecule has 0 spiro atoms. The van der Waals surface area contributed by atoms with Crippen molar-refractivity contribution in [2.24, 2.45) is 0 Å². The Morgan fingerprint density at radius 3 is 1.19 bits per heavy atom. The van der Waals surface area contributed by atoms with Crippen molar-refractivity contribution >= 4 is 17.8 Å². The molecule has 11 nitrogen and oxygen atoms in total. The van der Waals surface area contributed by atoms with Gasteiger partial charge < -0.3 is 21.0 Å². The third kappa shape index (κ3) is 5.07. The molecule has 0 unspecified atom stereocenters. The van der Waals surface area contributed by atoms with Crippen molar-refractivity contribution in [3.63, 3.8) is 0 Å². The Morgan fingerprint density at radius 1 is 0.625 bits per heavy atom. The first-order valence-electron chi connectivity index (χ1n) is 11.2. The highest BCUT2D eigenvalue weighted by Crippen LogP contribution is 2.39. The van der Waals surface area contributed by atoms with E-state index in [2.05, 4.69) is 25.6 Å². The standard InChI is InChI=1S/C21H40N8O3/c1-18(2)9-13(10-19(3,4)28(18)31)22-15-24-16(26-17(25-15)27-30)23-14-11-20(5,6)29(32)21(7,8)12-14/h13-14,30-32H,9-12H2,1-8H3,(H3,22,23,24,25,26,27). The van der Waals surface area contributed by atoms with Crippen LogP contribution in [0.15, 0.2) is 0 Å². The molecule has 1 aromatic heterocycles. The Balaban J connectivity index is 1.79. The van der Waals surface area contributed by atoms with Gasteiger partial charge in [-0.15, -0.1) is 0 Å². The molecular weight excluding hydrogens is 412 g/mol. The second kappa shape index (κ2) is 8.21. The van der Waals surface area contributed by atoms with E-state index in [1.54, 1.807) is 0 Å². The van der Waals surface area contributed by atoms with E-state index in [9.17, 15) is 15.6 Å². The third-order valence-electron chi connectivity index (χ3n) is 6.68. The first-order valence-corrected chi connectivity index (χ1v) is 11.2. The Morgan fingerprint density at radius 2 is 0.906 bits per heavy atom. The number of anilines is 3. The average molecular weight is 453 g/mol. The lowest BCUT2D eigenvalue weighted by atomic mass is 9.79. The summed E-state index contributed by atoms with van der Waals surface area (Å²) >= 11 is 0. The van der Waals surface area contributed by atoms with Gasteiger partial charge in [0.15, 0.2) is 0 Å². The number of piperidine rings is 2. The minimum absolute atomic E-state index is 0.0284. The second-order valence-corrected chi connectivity index (χ2v) is 11.8. The van der Waals surface area contributed by atoms with Gasteiger partial charge in [0.25, 0.3) is 5.95 Å². The molecule has 2 saturated heterocycles. The van der Waals surface area contributed by atoms with E-state index in [0.29, 0.717) is 37.6 Å². The van der Waals surface area contributed by atoms with E-state index in [1.165, 1.54) is 10.1 Å². The van der Waals surface area contributed by atoms with Crippen molar-refractivity contribution < 1.29 is 15.6 Å². The predicted octanol–water partition coefficient (Wildman–Crippen LogP) is 3.32. The van der Waals surface area contributed by atoms with Gasteiger partial charge in [-0.25, -0.2) is 5.48 Å². The molecule has 0 bridgehead atoms. The first kappa shape index (κ1) is 24.8. The summed E-state index contributed by atoms with van der Waals surface area (Å²) in [6.45, 7) is 16.0. The molecule has 0 saturated carbocycles. The average Bonchev–Trinajstić information content (AvgIpc) is 2.63. The fourth-order valence-electron chi connectivity index (χ4n) is 5.67. The highest BCUT2D eigenvalue weighted by Gasteiger charge is 2.46. The molecular formula is C21H40N8O3. The molecule has 0 atom stereocenters. The summed E-state index contributed by atoms with van der Waals surface area (Å²) in [6, 6.07) is 0.0568. The smallest absolute Gasteiger partial charge is 0.253 e. The number of nitrogens with zero attached hydrogens (tertiary/aromatic N) is 5. The number of rotatable bonds is 5. The van der Waals surface area contributed by atoms with Gasteiger partial charge in [0.05, 0.1) is 0 Å². The zero-order chi connectivity index (χ0) is 24.1. The summed E-state index contributed by atoms with van der Waals surface area (Å²) in [5.74, 6) is 0.738. The molecule has 3 rings (SSSR count). The summed E-state index contributed by atoms with van der Waals surface area (Å²) in [5, 5.41) is 40.1. The van der Waals surface area contributed by atoms with Crippen LogP contribution in [0.2, 0.25) is 0 Å². The Hall–Kier alpha value is -1.79. The van der Waals surface area contributed by atoms with Gasteiger partial charge in [0.2, 0.25) is 11.9 Å². The molecule has 2 aliphatic rings. The van der Waals surface area contributed by atoms with Crippen molar-refractivity contribution in [1.29, 1.82) is 0 Å². The summed E-state index contributed by atoms with van der Waals surface area (Å²) in [5.41, 5.74) is 0.360. The molecule has 6 N–H and O–H groups in total. The van der Waals surface area contributed by atoms with E-state index >= 15 is 0 Å². The lowest BCUT2D eigenvalue weighted by Crippen LogP contribution is -2.61. The number of aromatic nitrogens is 3. The van der Waals surface area contributed by atoms with E-state index in [1.807, 2.05) is 60.9 Å². The first-order chi connectivity index (χ1) is 14.6. The summed E-state index contributed by atoms with van der Waals surface area (Å²) < 4.78 is 0. The highest BCUT2D eigenvalue weighted by molar-refractivity contribution is 5.42. The van der Waals surface area contributed by atoms with Crippen molar-refractivity contribution in [3.05, 3.63) is 0 Å². The van der Waals surface area contributed by atoms with Gasteiger partial charge in [0.1, 0.15) is 0 Å². The molecule has 32 heavy (non-hydrogen) atoms. The fourth-order valence-corrected chi connectivity index (χ4v) is 5.67. The molecule has 0 amide bonds. The molecule has 0 aromatic carbocycles. The molecule has 2 fully saturated rings. The minimum Gasteiger partial charge on any atom is -0.351 e. The zero-order valence-electron chi connectivity index (χ0n) is 20.6. The number of hydrogen-bond donors (Lipinski definition) is 6. The van der Waals surface area contributed by atoms with E-state index in [4.69, 9.17) is 0 Å². The van der Waals surface area contributed by atoms with Crippen LogP contribution in [0.25, 0.3) is 0 Å². The lowest BCUT2D eigenvalue weighted by molar-refractivity contribution is -0.243. The molecule has 1 aromatic rings. The third-order valence-corrected chi connectivity index (χ3v) is 6.68.